The molecular formula is C16H11F5O2. The number of esters is 1. The van der Waals surface area contributed by atoms with E-state index in [0.29, 0.717) is 5.56 Å². The van der Waals surface area contributed by atoms with Crippen LogP contribution in [0.1, 0.15) is 34.5 Å². The number of carbonyl (C=O) groups is 1. The largest absolute Gasteiger partial charge is 0.454 e. The Morgan fingerprint density at radius 3 is 1.78 bits per heavy atom. The Hall–Kier alpha value is -2.44. The maximum atomic E-state index is 13.5. The monoisotopic (exact) mass is 330 g/mol. The first-order valence-electron chi connectivity index (χ1n) is 6.53. The fourth-order valence-corrected chi connectivity index (χ4v) is 1.91. The van der Waals surface area contributed by atoms with Gasteiger partial charge >= 0.3 is 5.97 Å². The van der Waals surface area contributed by atoms with E-state index in [1.807, 2.05) is 6.92 Å². The van der Waals surface area contributed by atoms with Gasteiger partial charge in [-0.1, -0.05) is 29.8 Å². The highest BCUT2D eigenvalue weighted by molar-refractivity contribution is 5.90. The number of hydrogen-bond donors (Lipinski definition) is 0. The molecule has 0 aliphatic carbocycles. The molecule has 0 saturated heterocycles. The molecule has 2 aromatic rings. The summed E-state index contributed by atoms with van der Waals surface area (Å²) in [6.45, 7) is 3.24. The fraction of sp³-hybridized carbons (Fsp3) is 0.188. The van der Waals surface area contributed by atoms with Gasteiger partial charge in [-0.15, -0.1) is 0 Å². The Labute approximate surface area is 128 Å². The molecule has 0 heterocycles. The lowest BCUT2D eigenvalue weighted by molar-refractivity contribution is 0.0323. The summed E-state index contributed by atoms with van der Waals surface area (Å²) in [5.41, 5.74) is -0.166. The van der Waals surface area contributed by atoms with Crippen LogP contribution in [-0.2, 0) is 4.74 Å². The van der Waals surface area contributed by atoms with Gasteiger partial charge in [0.1, 0.15) is 11.7 Å². The van der Waals surface area contributed by atoms with Crippen molar-refractivity contribution in [3.8, 4) is 0 Å². The van der Waals surface area contributed by atoms with Gasteiger partial charge in [-0.05, 0) is 19.4 Å². The Bertz CT molecular complexity index is 727. The van der Waals surface area contributed by atoms with E-state index in [-0.39, 0.29) is 0 Å². The summed E-state index contributed by atoms with van der Waals surface area (Å²) in [4.78, 5) is 11.8. The quantitative estimate of drug-likeness (QED) is 0.356. The highest BCUT2D eigenvalue weighted by Gasteiger charge is 2.31. The zero-order valence-electron chi connectivity index (χ0n) is 12.1. The van der Waals surface area contributed by atoms with Crippen LogP contribution in [0, 0.1) is 36.0 Å². The molecular weight excluding hydrogens is 319 g/mol. The number of ether oxygens (including phenoxy) is 1. The van der Waals surface area contributed by atoms with Gasteiger partial charge in [0.15, 0.2) is 23.3 Å². The SMILES string of the molecule is Cc1ccc(C(C)OC(=O)c2c(F)c(F)c(F)c(F)c2F)cc1. The van der Waals surface area contributed by atoms with E-state index >= 15 is 0 Å². The van der Waals surface area contributed by atoms with Gasteiger partial charge in [-0.2, -0.15) is 0 Å². The first-order valence-corrected chi connectivity index (χ1v) is 6.53. The van der Waals surface area contributed by atoms with Gasteiger partial charge in [0.25, 0.3) is 0 Å². The third-order valence-electron chi connectivity index (χ3n) is 3.24. The lowest BCUT2D eigenvalue weighted by Gasteiger charge is -2.15. The van der Waals surface area contributed by atoms with Gasteiger partial charge in [0.05, 0.1) is 0 Å². The summed E-state index contributed by atoms with van der Waals surface area (Å²) in [6, 6.07) is 6.67. The van der Waals surface area contributed by atoms with Gasteiger partial charge in [-0.25, -0.2) is 26.7 Å². The molecule has 0 bridgehead atoms. The molecule has 0 radical (unpaired) electrons. The lowest BCUT2D eigenvalue weighted by Crippen LogP contribution is -2.16. The first-order chi connectivity index (χ1) is 10.7. The van der Waals surface area contributed by atoms with Crippen LogP contribution in [0.25, 0.3) is 0 Å². The van der Waals surface area contributed by atoms with Crippen molar-refractivity contribution in [3.63, 3.8) is 0 Å². The minimum absolute atomic E-state index is 0.507. The van der Waals surface area contributed by atoms with Crippen LogP contribution in [0.4, 0.5) is 22.0 Å². The average Bonchev–Trinajstić information content (AvgIpc) is 2.51. The van der Waals surface area contributed by atoms with E-state index in [1.54, 1.807) is 24.3 Å². The minimum Gasteiger partial charge on any atom is -0.454 e. The average molecular weight is 330 g/mol. The number of benzene rings is 2. The van der Waals surface area contributed by atoms with Gasteiger partial charge < -0.3 is 4.74 Å². The molecule has 0 aromatic heterocycles. The zero-order chi connectivity index (χ0) is 17.3. The van der Waals surface area contributed by atoms with Crippen molar-refractivity contribution in [2.24, 2.45) is 0 Å². The van der Waals surface area contributed by atoms with Crippen molar-refractivity contribution in [1.82, 2.24) is 0 Å². The predicted octanol–water partition coefficient (Wildman–Crippen LogP) is 4.61. The second kappa shape index (κ2) is 6.36. The van der Waals surface area contributed by atoms with E-state index in [1.165, 1.54) is 6.92 Å². The van der Waals surface area contributed by atoms with Crippen molar-refractivity contribution in [1.29, 1.82) is 0 Å². The van der Waals surface area contributed by atoms with Crippen LogP contribution in [0.5, 0.6) is 0 Å². The van der Waals surface area contributed by atoms with Crippen molar-refractivity contribution in [3.05, 3.63) is 70.0 Å². The second-order valence-electron chi connectivity index (χ2n) is 4.90. The molecule has 0 saturated carbocycles. The molecule has 7 heteroatoms. The smallest absolute Gasteiger partial charge is 0.344 e. The van der Waals surface area contributed by atoms with Crippen molar-refractivity contribution < 1.29 is 31.5 Å². The van der Waals surface area contributed by atoms with Crippen LogP contribution in [0.2, 0.25) is 0 Å². The third kappa shape index (κ3) is 3.18. The molecule has 23 heavy (non-hydrogen) atoms. The molecule has 0 fully saturated rings. The Morgan fingerprint density at radius 2 is 1.30 bits per heavy atom. The molecule has 0 aliphatic rings. The van der Waals surface area contributed by atoms with E-state index in [0.717, 1.165) is 5.56 Å². The molecule has 0 amide bonds. The van der Waals surface area contributed by atoms with Gasteiger partial charge in [-0.3, -0.25) is 0 Å². The van der Waals surface area contributed by atoms with Gasteiger partial charge in [0, 0.05) is 0 Å². The number of halogens is 5. The molecule has 2 rings (SSSR count). The summed E-state index contributed by atoms with van der Waals surface area (Å²) in [6.07, 6.45) is -0.932. The number of aryl methyl sites for hydroxylation is 1. The summed E-state index contributed by atoms with van der Waals surface area (Å²) in [5.74, 6) is -12.8. The standard InChI is InChI=1S/C16H11F5O2/c1-7-3-5-9(6-4-7)8(2)23-16(22)10-11(17)13(19)15(21)14(20)12(10)18/h3-6,8H,1-2H3. The summed E-state index contributed by atoms with van der Waals surface area (Å²) in [5, 5.41) is 0. The summed E-state index contributed by atoms with van der Waals surface area (Å²) in [7, 11) is 0. The topological polar surface area (TPSA) is 26.3 Å². The second-order valence-corrected chi connectivity index (χ2v) is 4.90. The normalized spacial score (nSPS) is 12.1. The highest BCUT2D eigenvalue weighted by atomic mass is 19.2. The van der Waals surface area contributed by atoms with Crippen molar-refractivity contribution in [2.45, 2.75) is 20.0 Å². The van der Waals surface area contributed by atoms with E-state index in [4.69, 9.17) is 4.74 Å². The number of hydrogen-bond acceptors (Lipinski definition) is 2. The molecule has 1 unspecified atom stereocenters. The zero-order valence-corrected chi connectivity index (χ0v) is 12.1. The first kappa shape index (κ1) is 16.9. The molecule has 0 spiro atoms. The van der Waals surface area contributed by atoms with Crippen molar-refractivity contribution >= 4 is 5.97 Å². The maximum absolute atomic E-state index is 13.5. The van der Waals surface area contributed by atoms with Crippen LogP contribution >= 0.6 is 0 Å². The molecule has 1 atom stereocenters. The van der Waals surface area contributed by atoms with Crippen LogP contribution in [0.15, 0.2) is 24.3 Å². The number of rotatable bonds is 3. The Balaban J connectivity index is 2.33. The summed E-state index contributed by atoms with van der Waals surface area (Å²) >= 11 is 0. The van der Waals surface area contributed by atoms with Crippen molar-refractivity contribution in [2.75, 3.05) is 0 Å². The molecule has 0 aliphatic heterocycles. The van der Waals surface area contributed by atoms with E-state index < -0.39 is 46.7 Å². The van der Waals surface area contributed by atoms with Gasteiger partial charge in [0.2, 0.25) is 5.82 Å². The predicted molar refractivity (Wildman–Crippen MR) is 71.2 cm³/mol. The Kier molecular flexibility index (Phi) is 4.68. The maximum Gasteiger partial charge on any atom is 0.344 e. The molecule has 122 valence electrons. The van der Waals surface area contributed by atoms with Crippen LogP contribution < -0.4 is 0 Å². The van der Waals surface area contributed by atoms with Crippen LogP contribution in [-0.4, -0.2) is 5.97 Å². The van der Waals surface area contributed by atoms with E-state index in [9.17, 15) is 26.7 Å². The lowest BCUT2D eigenvalue weighted by atomic mass is 10.1. The highest BCUT2D eigenvalue weighted by Crippen LogP contribution is 2.26. The summed E-state index contributed by atoms with van der Waals surface area (Å²) < 4.78 is 71.0. The third-order valence-corrected chi connectivity index (χ3v) is 3.24. The van der Waals surface area contributed by atoms with E-state index in [2.05, 4.69) is 0 Å². The molecule has 0 N–H and O–H groups in total. The number of carbonyl (C=O) groups excluding carboxylic acids is 1. The fourth-order valence-electron chi connectivity index (χ4n) is 1.91. The minimum atomic E-state index is -2.33. The Morgan fingerprint density at radius 1 is 0.870 bits per heavy atom. The molecule has 2 nitrogen and oxygen atoms in total. The molecule has 2 aromatic carbocycles. The van der Waals surface area contributed by atoms with Crippen LogP contribution in [0.3, 0.4) is 0 Å².